The second-order valence-electron chi connectivity index (χ2n) is 5.29. The van der Waals surface area contributed by atoms with Crippen molar-refractivity contribution in [2.45, 2.75) is 25.4 Å². The number of hydrogen-bond donors (Lipinski definition) is 1. The lowest BCUT2D eigenvalue weighted by Crippen LogP contribution is -2.29. The minimum atomic E-state index is -0.672. The zero-order valence-corrected chi connectivity index (χ0v) is 11.4. The molecule has 2 aromatic carbocycles. The van der Waals surface area contributed by atoms with E-state index >= 15 is 0 Å². The molecular weight excluding hydrogens is 270 g/mol. The molecule has 106 valence electrons. The third kappa shape index (κ3) is 2.79. The van der Waals surface area contributed by atoms with E-state index in [2.05, 4.69) is 17.4 Å². The van der Waals surface area contributed by atoms with Gasteiger partial charge in [0.2, 0.25) is 0 Å². The van der Waals surface area contributed by atoms with Gasteiger partial charge in [-0.2, -0.15) is 5.26 Å². The van der Waals surface area contributed by atoms with Gasteiger partial charge in [0.15, 0.2) is 0 Å². The zero-order valence-electron chi connectivity index (χ0n) is 11.4. The fourth-order valence-corrected chi connectivity index (χ4v) is 2.79. The molecule has 1 aliphatic rings. The summed E-state index contributed by atoms with van der Waals surface area (Å²) < 4.78 is 27.6. The quantitative estimate of drug-likeness (QED) is 0.940. The summed E-state index contributed by atoms with van der Waals surface area (Å²) >= 11 is 0. The summed E-state index contributed by atoms with van der Waals surface area (Å²) in [5.41, 5.74) is 2.57. The number of hydrogen-bond acceptors (Lipinski definition) is 2. The zero-order chi connectivity index (χ0) is 14.8. The van der Waals surface area contributed by atoms with E-state index in [9.17, 15) is 8.78 Å². The molecule has 0 amide bonds. The van der Waals surface area contributed by atoms with Crippen molar-refractivity contribution in [3.63, 3.8) is 0 Å². The molecule has 0 fully saturated rings. The molecule has 0 saturated carbocycles. The summed E-state index contributed by atoms with van der Waals surface area (Å²) in [6, 6.07) is 12.3. The largest absolute Gasteiger partial charge is 0.309 e. The van der Waals surface area contributed by atoms with Crippen LogP contribution in [0.5, 0.6) is 0 Å². The van der Waals surface area contributed by atoms with Crippen LogP contribution in [0.25, 0.3) is 0 Å². The van der Waals surface area contributed by atoms with Crippen molar-refractivity contribution in [2.75, 3.05) is 0 Å². The van der Waals surface area contributed by atoms with Crippen molar-refractivity contribution < 1.29 is 8.78 Å². The summed E-state index contributed by atoms with van der Waals surface area (Å²) in [5, 5.41) is 11.9. The van der Waals surface area contributed by atoms with Gasteiger partial charge < -0.3 is 5.32 Å². The van der Waals surface area contributed by atoms with Crippen LogP contribution in [-0.2, 0) is 19.4 Å². The third-order valence-electron chi connectivity index (χ3n) is 3.89. The van der Waals surface area contributed by atoms with Gasteiger partial charge in [0.1, 0.15) is 11.6 Å². The molecule has 0 saturated heterocycles. The van der Waals surface area contributed by atoms with E-state index in [1.165, 1.54) is 11.1 Å². The molecule has 0 heterocycles. The van der Waals surface area contributed by atoms with Gasteiger partial charge in [-0.15, -0.1) is 0 Å². The molecule has 0 aliphatic heterocycles. The Bertz CT molecular complexity index is 671. The lowest BCUT2D eigenvalue weighted by Gasteiger charge is -2.13. The smallest absolute Gasteiger partial charge is 0.131 e. The molecule has 0 spiro atoms. The fourth-order valence-electron chi connectivity index (χ4n) is 2.79. The van der Waals surface area contributed by atoms with Gasteiger partial charge >= 0.3 is 0 Å². The number of benzene rings is 2. The Kier molecular flexibility index (Phi) is 3.68. The van der Waals surface area contributed by atoms with Crippen molar-refractivity contribution >= 4 is 0 Å². The van der Waals surface area contributed by atoms with E-state index in [0.29, 0.717) is 0 Å². The van der Waals surface area contributed by atoms with Crippen molar-refractivity contribution in [1.29, 1.82) is 5.26 Å². The maximum absolute atomic E-state index is 13.8. The molecule has 0 bridgehead atoms. The van der Waals surface area contributed by atoms with Crippen LogP contribution in [0.1, 0.15) is 22.3 Å². The first-order valence-electron chi connectivity index (χ1n) is 6.85. The maximum Gasteiger partial charge on any atom is 0.131 e. The van der Waals surface area contributed by atoms with Crippen molar-refractivity contribution in [2.24, 2.45) is 0 Å². The first kappa shape index (κ1) is 13.7. The van der Waals surface area contributed by atoms with Gasteiger partial charge in [0, 0.05) is 18.2 Å². The highest BCUT2D eigenvalue weighted by molar-refractivity contribution is 5.35. The summed E-state index contributed by atoms with van der Waals surface area (Å²) in [6.07, 6.45) is 1.74. The highest BCUT2D eigenvalue weighted by atomic mass is 19.1. The molecular formula is C17H14F2N2. The van der Waals surface area contributed by atoms with Crippen LogP contribution in [0.2, 0.25) is 0 Å². The Labute approximate surface area is 122 Å². The van der Waals surface area contributed by atoms with Crippen molar-refractivity contribution in [3.05, 3.63) is 70.3 Å². The monoisotopic (exact) mass is 284 g/mol. The topological polar surface area (TPSA) is 35.8 Å². The van der Waals surface area contributed by atoms with Crippen LogP contribution < -0.4 is 5.32 Å². The van der Waals surface area contributed by atoms with Crippen molar-refractivity contribution in [3.8, 4) is 6.07 Å². The summed E-state index contributed by atoms with van der Waals surface area (Å²) in [5.74, 6) is -1.34. The van der Waals surface area contributed by atoms with Crippen molar-refractivity contribution in [1.82, 2.24) is 5.32 Å². The molecule has 0 unspecified atom stereocenters. The molecule has 0 radical (unpaired) electrons. The number of nitriles is 1. The standard InChI is InChI=1S/C17H14F2N2/c18-16-5-11(9-20)6-17(19)15(16)10-21-14-7-12-3-1-2-4-13(12)8-14/h1-6,14,21H,7-8,10H2. The number of nitrogens with one attached hydrogen (secondary N) is 1. The van der Waals surface area contributed by atoms with Gasteiger partial charge in [-0.1, -0.05) is 24.3 Å². The molecule has 2 nitrogen and oxygen atoms in total. The highest BCUT2D eigenvalue weighted by Gasteiger charge is 2.21. The lowest BCUT2D eigenvalue weighted by molar-refractivity contribution is 0.491. The van der Waals surface area contributed by atoms with Gasteiger partial charge in [-0.25, -0.2) is 8.78 Å². The average Bonchev–Trinajstić information content (AvgIpc) is 2.88. The van der Waals surface area contributed by atoms with E-state index < -0.39 is 11.6 Å². The average molecular weight is 284 g/mol. The molecule has 3 rings (SSSR count). The predicted octanol–water partition coefficient (Wildman–Crippen LogP) is 3.09. The molecule has 1 aliphatic carbocycles. The minimum Gasteiger partial charge on any atom is -0.309 e. The maximum atomic E-state index is 13.8. The fraction of sp³-hybridized carbons (Fsp3) is 0.235. The molecule has 4 heteroatoms. The molecule has 1 N–H and O–H groups in total. The summed E-state index contributed by atoms with van der Waals surface area (Å²) in [4.78, 5) is 0. The first-order valence-corrected chi connectivity index (χ1v) is 6.85. The Balaban J connectivity index is 1.69. The van der Waals surface area contributed by atoms with Crippen LogP contribution >= 0.6 is 0 Å². The van der Waals surface area contributed by atoms with E-state index in [-0.39, 0.29) is 23.7 Å². The number of nitrogens with zero attached hydrogens (tertiary/aromatic N) is 1. The molecule has 2 aromatic rings. The Morgan fingerprint density at radius 2 is 1.67 bits per heavy atom. The number of halogens is 2. The van der Waals surface area contributed by atoms with E-state index in [0.717, 1.165) is 25.0 Å². The molecule has 0 atom stereocenters. The third-order valence-corrected chi connectivity index (χ3v) is 3.89. The predicted molar refractivity (Wildman–Crippen MR) is 75.6 cm³/mol. The molecule has 0 aromatic heterocycles. The van der Waals surface area contributed by atoms with Crippen LogP contribution in [0.4, 0.5) is 8.78 Å². The Hall–Kier alpha value is -2.25. The van der Waals surface area contributed by atoms with Crippen LogP contribution in [0.15, 0.2) is 36.4 Å². The Morgan fingerprint density at radius 3 is 2.19 bits per heavy atom. The van der Waals surface area contributed by atoms with Gasteiger partial charge in [-0.3, -0.25) is 0 Å². The van der Waals surface area contributed by atoms with E-state index in [1.807, 2.05) is 12.1 Å². The lowest BCUT2D eigenvalue weighted by atomic mass is 10.1. The number of rotatable bonds is 3. The Morgan fingerprint density at radius 1 is 1.10 bits per heavy atom. The van der Waals surface area contributed by atoms with Crippen LogP contribution in [0, 0.1) is 23.0 Å². The summed E-state index contributed by atoms with van der Waals surface area (Å²) in [7, 11) is 0. The number of fused-ring (bicyclic) bond motifs is 1. The highest BCUT2D eigenvalue weighted by Crippen LogP contribution is 2.22. The van der Waals surface area contributed by atoms with Gasteiger partial charge in [0.25, 0.3) is 0 Å². The second-order valence-corrected chi connectivity index (χ2v) is 5.29. The first-order chi connectivity index (χ1) is 10.2. The van der Waals surface area contributed by atoms with E-state index in [1.54, 1.807) is 6.07 Å². The summed E-state index contributed by atoms with van der Waals surface area (Å²) in [6.45, 7) is 0.127. The van der Waals surface area contributed by atoms with E-state index in [4.69, 9.17) is 5.26 Å². The van der Waals surface area contributed by atoms with Gasteiger partial charge in [0.05, 0.1) is 11.6 Å². The van der Waals surface area contributed by atoms with Crippen LogP contribution in [-0.4, -0.2) is 6.04 Å². The van der Waals surface area contributed by atoms with Gasteiger partial charge in [-0.05, 0) is 36.1 Å². The minimum absolute atomic E-state index is 0.00187. The van der Waals surface area contributed by atoms with Crippen LogP contribution in [0.3, 0.4) is 0 Å². The SMILES string of the molecule is N#Cc1cc(F)c(CNC2Cc3ccccc3C2)c(F)c1. The normalized spacial score (nSPS) is 14.0. The molecule has 21 heavy (non-hydrogen) atoms. The second kappa shape index (κ2) is 5.63.